The summed E-state index contributed by atoms with van der Waals surface area (Å²) in [5.74, 6) is -0.757. The van der Waals surface area contributed by atoms with Crippen molar-refractivity contribution in [2.75, 3.05) is 5.32 Å². The molecule has 1 aliphatic heterocycles. The lowest BCUT2D eigenvalue weighted by Crippen LogP contribution is -2.17. The zero-order valence-electron chi connectivity index (χ0n) is 11.1. The number of ether oxygens (including phenoxy) is 2. The van der Waals surface area contributed by atoms with Crippen molar-refractivity contribution in [3.05, 3.63) is 59.7 Å². The standard InChI is InChI=1S/C15H10F3NO3/c16-15(17,18)22-10-7-5-9(6-8-10)19-13-11-3-1-2-4-12(11)14(20)21-13/h1-8,13,19H/t13-/m0/s1. The summed E-state index contributed by atoms with van der Waals surface area (Å²) in [6, 6.07) is 12.1. The molecule has 0 unspecified atom stereocenters. The lowest BCUT2D eigenvalue weighted by molar-refractivity contribution is -0.274. The van der Waals surface area contributed by atoms with Crippen molar-refractivity contribution < 1.29 is 27.4 Å². The van der Waals surface area contributed by atoms with Crippen LogP contribution in [-0.4, -0.2) is 12.3 Å². The van der Waals surface area contributed by atoms with Gasteiger partial charge in [-0.2, -0.15) is 0 Å². The first kappa shape index (κ1) is 14.2. The van der Waals surface area contributed by atoms with Crippen molar-refractivity contribution in [1.82, 2.24) is 0 Å². The molecule has 2 aromatic carbocycles. The third kappa shape index (κ3) is 2.98. The van der Waals surface area contributed by atoms with Crippen molar-refractivity contribution in [3.63, 3.8) is 0 Å². The summed E-state index contributed by atoms with van der Waals surface area (Å²) in [7, 11) is 0. The van der Waals surface area contributed by atoms with Gasteiger partial charge in [-0.1, -0.05) is 18.2 Å². The SMILES string of the molecule is O=C1O[C@H](Nc2ccc(OC(F)(F)F)cc2)c2ccccc21. The minimum Gasteiger partial charge on any atom is -0.434 e. The number of hydrogen-bond donors (Lipinski definition) is 1. The fraction of sp³-hybridized carbons (Fsp3) is 0.133. The number of carbonyl (C=O) groups excluding carboxylic acids is 1. The molecule has 0 amide bonds. The number of alkyl halides is 3. The van der Waals surface area contributed by atoms with Gasteiger partial charge in [0, 0.05) is 11.3 Å². The number of anilines is 1. The lowest BCUT2D eigenvalue weighted by atomic mass is 10.1. The van der Waals surface area contributed by atoms with E-state index in [1.165, 1.54) is 24.3 Å². The second-order valence-electron chi connectivity index (χ2n) is 4.59. The zero-order valence-corrected chi connectivity index (χ0v) is 11.1. The summed E-state index contributed by atoms with van der Waals surface area (Å²) in [6.07, 6.45) is -5.40. The Hall–Kier alpha value is -2.70. The Bertz CT molecular complexity index is 698. The fourth-order valence-corrected chi connectivity index (χ4v) is 2.16. The topological polar surface area (TPSA) is 47.6 Å². The van der Waals surface area contributed by atoms with Gasteiger partial charge in [0.2, 0.25) is 6.23 Å². The number of benzene rings is 2. The number of hydrogen-bond acceptors (Lipinski definition) is 4. The van der Waals surface area contributed by atoms with Crippen LogP contribution >= 0.6 is 0 Å². The van der Waals surface area contributed by atoms with Crippen molar-refractivity contribution in [2.45, 2.75) is 12.6 Å². The van der Waals surface area contributed by atoms with E-state index in [-0.39, 0.29) is 5.75 Å². The highest BCUT2D eigenvalue weighted by atomic mass is 19.4. The molecular formula is C15H10F3NO3. The van der Waals surface area contributed by atoms with E-state index in [4.69, 9.17) is 4.74 Å². The van der Waals surface area contributed by atoms with Crippen molar-refractivity contribution in [2.24, 2.45) is 0 Å². The lowest BCUT2D eigenvalue weighted by Gasteiger charge is -2.15. The number of carbonyl (C=O) groups is 1. The number of esters is 1. The molecule has 0 spiro atoms. The van der Waals surface area contributed by atoms with Crippen molar-refractivity contribution >= 4 is 11.7 Å². The van der Waals surface area contributed by atoms with E-state index in [1.807, 2.05) is 0 Å². The summed E-state index contributed by atoms with van der Waals surface area (Å²) in [6.45, 7) is 0. The summed E-state index contributed by atoms with van der Waals surface area (Å²) in [5, 5.41) is 2.94. The van der Waals surface area contributed by atoms with Crippen molar-refractivity contribution in [1.29, 1.82) is 0 Å². The molecule has 3 rings (SSSR count). The molecule has 0 aliphatic carbocycles. The normalized spacial score (nSPS) is 16.9. The molecular weight excluding hydrogens is 299 g/mol. The molecule has 1 N–H and O–H groups in total. The first-order valence-corrected chi connectivity index (χ1v) is 6.35. The molecule has 0 aromatic heterocycles. The van der Waals surface area contributed by atoms with E-state index < -0.39 is 18.6 Å². The largest absolute Gasteiger partial charge is 0.573 e. The molecule has 2 aromatic rings. The quantitative estimate of drug-likeness (QED) is 0.875. The smallest absolute Gasteiger partial charge is 0.434 e. The van der Waals surface area contributed by atoms with Gasteiger partial charge in [-0.3, -0.25) is 0 Å². The van der Waals surface area contributed by atoms with E-state index in [0.717, 1.165) is 0 Å². The Labute approximate surface area is 123 Å². The van der Waals surface area contributed by atoms with E-state index >= 15 is 0 Å². The van der Waals surface area contributed by atoms with Crippen LogP contribution in [0.3, 0.4) is 0 Å². The van der Waals surface area contributed by atoms with Crippen LogP contribution in [0.1, 0.15) is 22.1 Å². The maximum absolute atomic E-state index is 12.1. The van der Waals surface area contributed by atoms with E-state index in [9.17, 15) is 18.0 Å². The zero-order chi connectivity index (χ0) is 15.7. The predicted octanol–water partition coefficient (Wildman–Crippen LogP) is 3.87. The third-order valence-corrected chi connectivity index (χ3v) is 3.07. The molecule has 0 fully saturated rings. The van der Waals surface area contributed by atoms with Gasteiger partial charge < -0.3 is 14.8 Å². The highest BCUT2D eigenvalue weighted by molar-refractivity contribution is 5.94. The number of halogens is 3. The van der Waals surface area contributed by atoms with E-state index in [1.54, 1.807) is 24.3 Å². The van der Waals surface area contributed by atoms with Gasteiger partial charge >= 0.3 is 12.3 Å². The van der Waals surface area contributed by atoms with Crippen LogP contribution in [0.2, 0.25) is 0 Å². The molecule has 1 atom stereocenters. The Balaban J connectivity index is 1.74. The van der Waals surface area contributed by atoms with Crippen LogP contribution in [0.4, 0.5) is 18.9 Å². The summed E-state index contributed by atoms with van der Waals surface area (Å²) in [5.41, 5.74) is 1.66. The first-order chi connectivity index (χ1) is 10.4. The van der Waals surface area contributed by atoms with E-state index in [0.29, 0.717) is 16.8 Å². The highest BCUT2D eigenvalue weighted by Crippen LogP contribution is 2.32. The van der Waals surface area contributed by atoms with Crippen LogP contribution < -0.4 is 10.1 Å². The molecule has 1 heterocycles. The second kappa shape index (κ2) is 5.25. The monoisotopic (exact) mass is 309 g/mol. The van der Waals surface area contributed by atoms with Crippen molar-refractivity contribution in [3.8, 4) is 5.75 Å². The van der Waals surface area contributed by atoms with Crippen LogP contribution in [0.25, 0.3) is 0 Å². The molecule has 0 saturated heterocycles. The minimum atomic E-state index is -4.73. The molecule has 22 heavy (non-hydrogen) atoms. The van der Waals surface area contributed by atoms with Crippen LogP contribution in [0.15, 0.2) is 48.5 Å². The number of fused-ring (bicyclic) bond motifs is 1. The molecule has 7 heteroatoms. The average Bonchev–Trinajstić information content (AvgIpc) is 2.77. The van der Waals surface area contributed by atoms with Gasteiger partial charge in [0.25, 0.3) is 0 Å². The maximum Gasteiger partial charge on any atom is 0.573 e. The highest BCUT2D eigenvalue weighted by Gasteiger charge is 2.32. The number of nitrogens with one attached hydrogen (secondary N) is 1. The second-order valence-corrected chi connectivity index (χ2v) is 4.59. The molecule has 4 nitrogen and oxygen atoms in total. The van der Waals surface area contributed by atoms with Crippen LogP contribution in [-0.2, 0) is 4.74 Å². The van der Waals surface area contributed by atoms with Gasteiger partial charge in [0.15, 0.2) is 0 Å². The fourth-order valence-electron chi connectivity index (χ4n) is 2.16. The number of cyclic esters (lactones) is 1. The van der Waals surface area contributed by atoms with Gasteiger partial charge in [0.1, 0.15) is 5.75 Å². The van der Waals surface area contributed by atoms with Gasteiger partial charge in [-0.25, -0.2) is 4.79 Å². The van der Waals surface area contributed by atoms with Gasteiger partial charge in [0.05, 0.1) is 5.56 Å². The Morgan fingerprint density at radius 2 is 1.73 bits per heavy atom. The predicted molar refractivity (Wildman–Crippen MR) is 71.3 cm³/mol. The number of rotatable bonds is 3. The van der Waals surface area contributed by atoms with Gasteiger partial charge in [-0.05, 0) is 30.3 Å². The Kier molecular flexibility index (Phi) is 3.40. The third-order valence-electron chi connectivity index (χ3n) is 3.07. The molecule has 0 saturated carbocycles. The average molecular weight is 309 g/mol. The first-order valence-electron chi connectivity index (χ1n) is 6.35. The molecule has 1 aliphatic rings. The molecule has 114 valence electrons. The van der Waals surface area contributed by atoms with Crippen LogP contribution in [0.5, 0.6) is 5.75 Å². The minimum absolute atomic E-state index is 0.318. The molecule has 0 bridgehead atoms. The van der Waals surface area contributed by atoms with E-state index in [2.05, 4.69) is 10.1 Å². The Morgan fingerprint density at radius 1 is 1.05 bits per heavy atom. The summed E-state index contributed by atoms with van der Waals surface area (Å²) in [4.78, 5) is 11.7. The Morgan fingerprint density at radius 3 is 2.41 bits per heavy atom. The maximum atomic E-state index is 12.1. The van der Waals surface area contributed by atoms with Crippen LogP contribution in [0, 0.1) is 0 Å². The molecule has 0 radical (unpaired) electrons. The van der Waals surface area contributed by atoms with Gasteiger partial charge in [-0.15, -0.1) is 13.2 Å². The summed E-state index contributed by atoms with van der Waals surface area (Å²) < 4.78 is 45.2. The summed E-state index contributed by atoms with van der Waals surface area (Å²) >= 11 is 0.